The molecular formula is C30H22N4O4. The van der Waals surface area contributed by atoms with Crippen molar-refractivity contribution in [3.8, 4) is 0 Å². The van der Waals surface area contributed by atoms with Gasteiger partial charge >= 0.3 is 12.1 Å². The van der Waals surface area contributed by atoms with Crippen LogP contribution in [-0.2, 0) is 0 Å². The van der Waals surface area contributed by atoms with Gasteiger partial charge in [0.25, 0.3) is 11.8 Å². The van der Waals surface area contributed by atoms with Crippen LogP contribution >= 0.6 is 0 Å². The fourth-order valence-electron chi connectivity index (χ4n) is 4.94. The number of carbonyl (C=O) groups excluding carboxylic acids is 4. The van der Waals surface area contributed by atoms with Gasteiger partial charge in [-0.1, -0.05) is 97.1 Å². The summed E-state index contributed by atoms with van der Waals surface area (Å²) < 4.78 is 0. The summed E-state index contributed by atoms with van der Waals surface area (Å²) in [7, 11) is 0. The van der Waals surface area contributed by atoms with Crippen LogP contribution in [0.15, 0.2) is 121 Å². The Labute approximate surface area is 218 Å². The molecule has 8 heteroatoms. The van der Waals surface area contributed by atoms with E-state index in [0.717, 1.165) is 9.80 Å². The molecule has 0 spiro atoms. The lowest BCUT2D eigenvalue weighted by atomic mass is 10.1. The number of amides is 6. The Kier molecular flexibility index (Phi) is 5.69. The maximum atomic E-state index is 14.1. The van der Waals surface area contributed by atoms with Gasteiger partial charge in [0, 0.05) is 11.1 Å². The first-order valence-corrected chi connectivity index (χ1v) is 12.1. The van der Waals surface area contributed by atoms with Gasteiger partial charge in [-0.25, -0.2) is 29.4 Å². The Hall–Kier alpha value is -5.24. The van der Waals surface area contributed by atoms with Gasteiger partial charge in [-0.15, -0.1) is 0 Å². The lowest BCUT2D eigenvalue weighted by molar-refractivity contribution is 0.0453. The molecule has 38 heavy (non-hydrogen) atoms. The van der Waals surface area contributed by atoms with E-state index in [1.807, 2.05) is 12.1 Å². The number of rotatable bonds is 4. The fraction of sp³-hybridized carbons (Fsp3) is 0.0667. The van der Waals surface area contributed by atoms with Gasteiger partial charge < -0.3 is 0 Å². The van der Waals surface area contributed by atoms with Crippen molar-refractivity contribution in [1.82, 2.24) is 19.8 Å². The third kappa shape index (κ3) is 3.62. The average Bonchev–Trinajstić information content (AvgIpc) is 3.45. The summed E-state index contributed by atoms with van der Waals surface area (Å²) in [5.74, 6) is -1.08. The molecule has 0 radical (unpaired) electrons. The van der Waals surface area contributed by atoms with Crippen molar-refractivity contribution >= 4 is 23.9 Å². The van der Waals surface area contributed by atoms with E-state index in [1.54, 1.807) is 109 Å². The van der Waals surface area contributed by atoms with Crippen molar-refractivity contribution in [3.63, 3.8) is 0 Å². The van der Waals surface area contributed by atoms with Crippen LogP contribution in [0.1, 0.15) is 44.2 Å². The minimum absolute atomic E-state index is 0.310. The summed E-state index contributed by atoms with van der Waals surface area (Å²) in [6.07, 6.45) is -2.16. The highest BCUT2D eigenvalue weighted by atomic mass is 16.2. The highest BCUT2D eigenvalue weighted by molar-refractivity contribution is 6.10. The second-order valence-electron chi connectivity index (χ2n) is 8.91. The Bertz CT molecular complexity index is 1400. The Balaban J connectivity index is 1.52. The van der Waals surface area contributed by atoms with E-state index in [9.17, 15) is 19.2 Å². The molecular weight excluding hydrogens is 480 g/mol. The van der Waals surface area contributed by atoms with Gasteiger partial charge in [-0.2, -0.15) is 0 Å². The SMILES string of the molecule is O=C(c1ccccc1)N1C(=O)N2[C@@H](c3ccccc3)N(C(=O)c3ccccc3)C(=O)N2[C@@H]1c1ccccc1. The standard InChI is InChI=1S/C30H22N4O4/c35-27(23-17-9-3-10-18-23)31-25(21-13-5-1-6-14-21)33-30(38)32(28(36)24-19-11-4-12-20-24)26(34(33)29(31)37)22-15-7-2-8-16-22/h1-20,25-26H/t25-,26+. The number of hydrogen-bond donors (Lipinski definition) is 0. The first kappa shape index (κ1) is 23.2. The molecule has 0 saturated carbocycles. The number of imide groups is 2. The maximum absolute atomic E-state index is 14.1. The average molecular weight is 503 g/mol. The molecule has 6 amide bonds. The van der Waals surface area contributed by atoms with Crippen LogP contribution in [-0.4, -0.2) is 43.7 Å². The minimum Gasteiger partial charge on any atom is -0.268 e. The molecule has 0 aromatic heterocycles. The first-order valence-electron chi connectivity index (χ1n) is 12.1. The highest BCUT2D eigenvalue weighted by Crippen LogP contribution is 2.47. The zero-order valence-electron chi connectivity index (χ0n) is 20.1. The largest absolute Gasteiger partial charge is 0.350 e. The number of urea groups is 2. The van der Waals surface area contributed by atoms with Crippen LogP contribution < -0.4 is 0 Å². The number of hydrogen-bond acceptors (Lipinski definition) is 4. The zero-order valence-corrected chi connectivity index (χ0v) is 20.1. The van der Waals surface area contributed by atoms with Gasteiger partial charge in [0.15, 0.2) is 12.3 Å². The van der Waals surface area contributed by atoms with Crippen molar-refractivity contribution in [2.45, 2.75) is 12.3 Å². The molecule has 4 aromatic carbocycles. The van der Waals surface area contributed by atoms with Gasteiger partial charge in [-0.05, 0) is 35.4 Å². The molecule has 8 nitrogen and oxygen atoms in total. The van der Waals surface area contributed by atoms with E-state index in [1.165, 1.54) is 10.0 Å². The number of benzene rings is 4. The summed E-state index contributed by atoms with van der Waals surface area (Å²) in [4.78, 5) is 57.8. The van der Waals surface area contributed by atoms with Crippen LogP contribution in [0, 0.1) is 0 Å². The summed E-state index contributed by atoms with van der Waals surface area (Å²) >= 11 is 0. The molecule has 2 saturated heterocycles. The van der Waals surface area contributed by atoms with E-state index >= 15 is 0 Å². The monoisotopic (exact) mass is 502 g/mol. The van der Waals surface area contributed by atoms with E-state index < -0.39 is 36.2 Å². The van der Waals surface area contributed by atoms with Crippen LogP contribution in [0.4, 0.5) is 9.59 Å². The van der Waals surface area contributed by atoms with Crippen molar-refractivity contribution in [1.29, 1.82) is 0 Å². The molecule has 6 rings (SSSR count). The number of carbonyl (C=O) groups is 4. The van der Waals surface area contributed by atoms with Crippen molar-refractivity contribution in [2.75, 3.05) is 0 Å². The zero-order chi connectivity index (χ0) is 26.2. The summed E-state index contributed by atoms with van der Waals surface area (Å²) in [6, 6.07) is 33.2. The minimum atomic E-state index is -1.08. The molecule has 2 aliphatic heterocycles. The second kappa shape index (κ2) is 9.33. The lowest BCUT2D eigenvalue weighted by Crippen LogP contribution is -2.44. The van der Waals surface area contributed by atoms with E-state index in [-0.39, 0.29) is 0 Å². The topological polar surface area (TPSA) is 81.2 Å². The molecule has 4 aromatic rings. The molecule has 0 aliphatic carbocycles. The van der Waals surface area contributed by atoms with Crippen molar-refractivity contribution in [3.05, 3.63) is 144 Å². The molecule has 2 aliphatic rings. The molecule has 2 fully saturated rings. The van der Waals surface area contributed by atoms with Crippen molar-refractivity contribution in [2.24, 2.45) is 0 Å². The van der Waals surface area contributed by atoms with E-state index in [0.29, 0.717) is 22.3 Å². The van der Waals surface area contributed by atoms with Crippen LogP contribution in [0.25, 0.3) is 0 Å². The Morgan fingerprint density at radius 1 is 0.447 bits per heavy atom. The second-order valence-corrected chi connectivity index (χ2v) is 8.91. The quantitative estimate of drug-likeness (QED) is 0.371. The third-order valence-corrected chi connectivity index (χ3v) is 6.66. The fourth-order valence-corrected chi connectivity index (χ4v) is 4.94. The summed E-state index contributed by atoms with van der Waals surface area (Å²) in [5.41, 5.74) is 1.73. The molecule has 0 N–H and O–H groups in total. The lowest BCUT2D eigenvalue weighted by Gasteiger charge is -2.27. The predicted octanol–water partition coefficient (Wildman–Crippen LogP) is 5.46. The first-order chi connectivity index (χ1) is 18.6. The molecule has 186 valence electrons. The molecule has 0 bridgehead atoms. The molecule has 2 atom stereocenters. The normalized spacial score (nSPS) is 18.6. The Morgan fingerprint density at radius 2 is 0.737 bits per heavy atom. The van der Waals surface area contributed by atoms with Crippen LogP contribution in [0.5, 0.6) is 0 Å². The van der Waals surface area contributed by atoms with E-state index in [4.69, 9.17) is 0 Å². The van der Waals surface area contributed by atoms with E-state index in [2.05, 4.69) is 0 Å². The summed E-state index contributed by atoms with van der Waals surface area (Å²) in [5, 5.41) is 2.44. The van der Waals surface area contributed by atoms with Crippen LogP contribution in [0.3, 0.4) is 0 Å². The summed E-state index contributed by atoms with van der Waals surface area (Å²) in [6.45, 7) is 0. The third-order valence-electron chi connectivity index (χ3n) is 6.66. The number of hydrazine groups is 1. The molecule has 2 heterocycles. The number of nitrogens with zero attached hydrogens (tertiary/aromatic N) is 4. The van der Waals surface area contributed by atoms with Gasteiger partial charge in [0.05, 0.1) is 0 Å². The van der Waals surface area contributed by atoms with Crippen molar-refractivity contribution < 1.29 is 19.2 Å². The Morgan fingerprint density at radius 3 is 1.05 bits per heavy atom. The smallest absolute Gasteiger partial charge is 0.268 e. The predicted molar refractivity (Wildman–Crippen MR) is 138 cm³/mol. The van der Waals surface area contributed by atoms with Crippen LogP contribution in [0.2, 0.25) is 0 Å². The highest BCUT2D eigenvalue weighted by Gasteiger charge is 2.61. The van der Waals surface area contributed by atoms with Gasteiger partial charge in [0.2, 0.25) is 0 Å². The van der Waals surface area contributed by atoms with Gasteiger partial charge in [-0.3, -0.25) is 9.59 Å². The molecule has 0 unspecified atom stereocenters. The maximum Gasteiger partial charge on any atom is 0.350 e. The number of fused-ring (bicyclic) bond motifs is 1. The van der Waals surface area contributed by atoms with Gasteiger partial charge in [0.1, 0.15) is 0 Å².